The summed E-state index contributed by atoms with van der Waals surface area (Å²) in [6.07, 6.45) is -16.7. The quantitative estimate of drug-likeness (QED) is 0.321. The third-order valence-electron chi connectivity index (χ3n) is 4.50. The molecule has 0 saturated carbocycles. The molecule has 1 atom stereocenters. The predicted molar refractivity (Wildman–Crippen MR) is 104 cm³/mol. The molecular formula is C20H20F9NOS. The summed E-state index contributed by atoms with van der Waals surface area (Å²) in [5, 5.41) is 10.1. The molecule has 0 amide bonds. The number of aliphatic hydroxyl groups excluding tert-OH is 1. The van der Waals surface area contributed by atoms with Crippen LogP contribution in [-0.2, 0) is 12.4 Å². The summed E-state index contributed by atoms with van der Waals surface area (Å²) < 4.78 is 115. The first-order valence-corrected chi connectivity index (χ1v) is 9.19. The molecular weight excluding hydrogens is 473 g/mol. The molecule has 1 N–H and O–H groups in total. The predicted octanol–water partition coefficient (Wildman–Crippen LogP) is 7.45. The zero-order chi connectivity index (χ0) is 23.4. The van der Waals surface area contributed by atoms with Gasteiger partial charge in [-0.15, -0.1) is 0 Å². The third-order valence-corrected chi connectivity index (χ3v) is 4.50. The summed E-state index contributed by atoms with van der Waals surface area (Å²) in [6, 6.07) is 5.52. The molecule has 2 rings (SSSR count). The first-order valence-electron chi connectivity index (χ1n) is 9.19. The average molecular weight is 493 g/mol. The van der Waals surface area contributed by atoms with Crippen LogP contribution >= 0.6 is 13.5 Å². The number of rotatable bonds is 7. The zero-order valence-electron chi connectivity index (χ0n) is 16.4. The van der Waals surface area contributed by atoms with Crippen LogP contribution in [0.15, 0.2) is 36.4 Å². The fourth-order valence-corrected chi connectivity index (χ4v) is 2.95. The van der Waals surface area contributed by atoms with Gasteiger partial charge in [-0.1, -0.05) is 31.0 Å². The molecule has 2 nitrogen and oxygen atoms in total. The highest BCUT2D eigenvalue weighted by molar-refractivity contribution is 7.59. The Labute approximate surface area is 184 Å². The van der Waals surface area contributed by atoms with Crippen molar-refractivity contribution in [3.8, 4) is 11.3 Å². The molecule has 2 aromatic rings. The number of benzene rings is 1. The molecule has 1 aromatic heterocycles. The van der Waals surface area contributed by atoms with E-state index in [2.05, 4.69) is 4.98 Å². The van der Waals surface area contributed by atoms with Crippen LogP contribution in [0.25, 0.3) is 11.3 Å². The van der Waals surface area contributed by atoms with Crippen LogP contribution in [0.5, 0.6) is 0 Å². The van der Waals surface area contributed by atoms with Crippen molar-refractivity contribution in [1.29, 1.82) is 0 Å². The number of halogens is 9. The molecule has 12 heteroatoms. The van der Waals surface area contributed by atoms with Gasteiger partial charge >= 0.3 is 18.5 Å². The highest BCUT2D eigenvalue weighted by Crippen LogP contribution is 2.37. The van der Waals surface area contributed by atoms with Crippen LogP contribution in [-0.4, -0.2) is 16.3 Å². The lowest BCUT2D eigenvalue weighted by Gasteiger charge is -2.18. The number of pyridine rings is 1. The molecule has 0 saturated heterocycles. The van der Waals surface area contributed by atoms with E-state index in [1.54, 1.807) is 0 Å². The number of hydrogen-bond acceptors (Lipinski definition) is 2. The van der Waals surface area contributed by atoms with Crippen molar-refractivity contribution in [1.82, 2.24) is 4.98 Å². The van der Waals surface area contributed by atoms with Crippen LogP contribution < -0.4 is 0 Å². The van der Waals surface area contributed by atoms with Crippen molar-refractivity contribution in [3.63, 3.8) is 0 Å². The molecule has 0 spiro atoms. The van der Waals surface area contributed by atoms with Crippen LogP contribution in [0.3, 0.4) is 0 Å². The van der Waals surface area contributed by atoms with Crippen LogP contribution in [0.1, 0.15) is 55.0 Å². The Balaban J connectivity index is 0.00000512. The van der Waals surface area contributed by atoms with E-state index in [-0.39, 0.29) is 50.4 Å². The van der Waals surface area contributed by atoms with E-state index < -0.39 is 47.9 Å². The molecule has 0 aliphatic carbocycles. The number of nitrogens with zero attached hydrogens (tertiary/aromatic N) is 1. The van der Waals surface area contributed by atoms with Gasteiger partial charge in [-0.2, -0.15) is 53.0 Å². The minimum Gasteiger partial charge on any atom is -0.388 e. The smallest absolute Gasteiger partial charge is 0.388 e. The number of hydrogen-bond donors (Lipinski definition) is 1. The lowest BCUT2D eigenvalue weighted by molar-refractivity contribution is -0.143. The zero-order valence-corrected chi connectivity index (χ0v) is 17.4. The summed E-state index contributed by atoms with van der Waals surface area (Å²) >= 11 is 0. The van der Waals surface area contributed by atoms with E-state index in [0.29, 0.717) is 12.1 Å². The summed E-state index contributed by atoms with van der Waals surface area (Å²) in [4.78, 5) is 3.49. The lowest BCUT2D eigenvalue weighted by Crippen LogP contribution is -2.15. The minimum atomic E-state index is -4.95. The Kier molecular flexibility index (Phi) is 9.46. The third kappa shape index (κ3) is 8.19. The second kappa shape index (κ2) is 10.8. The Morgan fingerprint density at radius 3 is 1.84 bits per heavy atom. The van der Waals surface area contributed by atoms with E-state index in [9.17, 15) is 44.6 Å². The van der Waals surface area contributed by atoms with Gasteiger partial charge in [0.15, 0.2) is 5.69 Å². The SMILES string of the molecule is O[C@H](CCCCCC(F)(F)F)c1ccc(-c2ccc(C(F)(F)F)cc2)nc1C(F)(F)F.S. The van der Waals surface area contributed by atoms with Crippen molar-refractivity contribution in [2.45, 2.75) is 56.7 Å². The van der Waals surface area contributed by atoms with Gasteiger partial charge in [0, 0.05) is 17.5 Å². The van der Waals surface area contributed by atoms with Crippen LogP contribution in [0.2, 0.25) is 0 Å². The van der Waals surface area contributed by atoms with Gasteiger partial charge in [-0.05, 0) is 31.0 Å². The van der Waals surface area contributed by atoms with E-state index in [1.807, 2.05) is 0 Å². The topological polar surface area (TPSA) is 33.1 Å². The van der Waals surface area contributed by atoms with Crippen molar-refractivity contribution in [3.05, 3.63) is 53.2 Å². The van der Waals surface area contributed by atoms with Gasteiger partial charge < -0.3 is 5.11 Å². The molecule has 1 heterocycles. The van der Waals surface area contributed by atoms with Crippen molar-refractivity contribution in [2.24, 2.45) is 0 Å². The molecule has 0 bridgehead atoms. The lowest BCUT2D eigenvalue weighted by atomic mass is 9.99. The Bertz CT molecular complexity index is 861. The molecule has 1 aromatic carbocycles. The van der Waals surface area contributed by atoms with E-state index in [1.165, 1.54) is 0 Å². The van der Waals surface area contributed by atoms with E-state index in [0.717, 1.165) is 24.3 Å². The largest absolute Gasteiger partial charge is 0.433 e. The number of aliphatic hydroxyl groups is 1. The van der Waals surface area contributed by atoms with Crippen LogP contribution in [0.4, 0.5) is 39.5 Å². The molecule has 32 heavy (non-hydrogen) atoms. The van der Waals surface area contributed by atoms with Crippen molar-refractivity contribution >= 4 is 13.5 Å². The highest BCUT2D eigenvalue weighted by atomic mass is 32.1. The van der Waals surface area contributed by atoms with Gasteiger partial charge in [-0.3, -0.25) is 0 Å². The maximum atomic E-state index is 13.5. The molecule has 0 unspecified atom stereocenters. The number of aromatic nitrogens is 1. The normalized spacial score (nSPS) is 13.6. The van der Waals surface area contributed by atoms with Crippen LogP contribution in [0, 0.1) is 0 Å². The molecule has 0 aliphatic rings. The average Bonchev–Trinajstić information content (AvgIpc) is 2.65. The van der Waals surface area contributed by atoms with Crippen molar-refractivity contribution < 1.29 is 44.6 Å². The Morgan fingerprint density at radius 2 is 1.34 bits per heavy atom. The van der Waals surface area contributed by atoms with Gasteiger partial charge in [0.2, 0.25) is 0 Å². The second-order valence-electron chi connectivity index (χ2n) is 6.94. The summed E-state index contributed by atoms with van der Waals surface area (Å²) in [5.41, 5.74) is -3.12. The van der Waals surface area contributed by atoms with E-state index in [4.69, 9.17) is 0 Å². The van der Waals surface area contributed by atoms with Gasteiger partial charge in [-0.25, -0.2) is 4.98 Å². The Morgan fingerprint density at radius 1 is 0.750 bits per heavy atom. The minimum absolute atomic E-state index is 0. The number of unbranched alkanes of at least 4 members (excludes halogenated alkanes) is 2. The second-order valence-corrected chi connectivity index (χ2v) is 6.94. The molecule has 0 aliphatic heterocycles. The summed E-state index contributed by atoms with van der Waals surface area (Å²) in [7, 11) is 0. The first-order chi connectivity index (χ1) is 14.2. The van der Waals surface area contributed by atoms with Gasteiger partial charge in [0.25, 0.3) is 0 Å². The van der Waals surface area contributed by atoms with Gasteiger partial charge in [0.1, 0.15) is 0 Å². The Hall–Kier alpha value is -1.95. The fourth-order valence-electron chi connectivity index (χ4n) is 2.95. The maximum absolute atomic E-state index is 13.5. The first kappa shape index (κ1) is 28.1. The fraction of sp³-hybridized carbons (Fsp3) is 0.450. The molecule has 180 valence electrons. The summed E-state index contributed by atoms with van der Waals surface area (Å²) in [5.74, 6) is 0. The monoisotopic (exact) mass is 493 g/mol. The highest BCUT2D eigenvalue weighted by Gasteiger charge is 2.37. The maximum Gasteiger partial charge on any atom is 0.433 e. The van der Waals surface area contributed by atoms with Crippen molar-refractivity contribution in [2.75, 3.05) is 0 Å². The summed E-state index contributed by atoms with van der Waals surface area (Å²) in [6.45, 7) is 0. The molecule has 0 radical (unpaired) electrons. The standard InChI is InChI=1S/C20H18F9NO.H2S/c21-18(22,23)11-3-1-2-4-16(31)14-9-10-15(30-17(14)20(27,28)29)12-5-7-13(8-6-12)19(24,25)26;/h5-10,16,31H,1-4,11H2;1H2/t16-;/m1./s1. The number of alkyl halides is 9. The van der Waals surface area contributed by atoms with E-state index >= 15 is 0 Å². The van der Waals surface area contributed by atoms with Gasteiger partial charge in [0.05, 0.1) is 17.4 Å². The molecule has 0 fully saturated rings.